The van der Waals surface area contributed by atoms with Crippen LogP contribution >= 0.6 is 0 Å². The van der Waals surface area contributed by atoms with Crippen molar-refractivity contribution in [3.63, 3.8) is 0 Å². The van der Waals surface area contributed by atoms with Crippen molar-refractivity contribution < 1.29 is 14.0 Å². The lowest BCUT2D eigenvalue weighted by molar-refractivity contribution is -0.127. The lowest BCUT2D eigenvalue weighted by Crippen LogP contribution is -2.65. The molecule has 174 valence electrons. The highest BCUT2D eigenvalue weighted by Crippen LogP contribution is 2.37. The van der Waals surface area contributed by atoms with Gasteiger partial charge in [0.25, 0.3) is 5.91 Å². The fourth-order valence-corrected chi connectivity index (χ4v) is 5.42. The Hall–Kier alpha value is -3.02. The zero-order chi connectivity index (χ0) is 23.2. The first-order valence-corrected chi connectivity index (χ1v) is 12.2. The van der Waals surface area contributed by atoms with Crippen LogP contribution in [0.2, 0.25) is 0 Å². The molecular formula is C27H33N3O3. The van der Waals surface area contributed by atoms with Crippen molar-refractivity contribution in [2.24, 2.45) is 0 Å². The van der Waals surface area contributed by atoms with Crippen LogP contribution in [0.15, 0.2) is 41.0 Å². The van der Waals surface area contributed by atoms with Crippen molar-refractivity contribution in [2.45, 2.75) is 83.8 Å². The van der Waals surface area contributed by atoms with Gasteiger partial charge < -0.3 is 14.3 Å². The van der Waals surface area contributed by atoms with Crippen LogP contribution < -0.4 is 10.2 Å². The van der Waals surface area contributed by atoms with Crippen molar-refractivity contribution in [1.29, 1.82) is 0 Å². The Morgan fingerprint density at radius 2 is 1.76 bits per heavy atom. The summed E-state index contributed by atoms with van der Waals surface area (Å²) in [6.07, 6.45) is 9.64. The number of furan rings is 1. The molecule has 6 nitrogen and oxygen atoms in total. The second kappa shape index (κ2) is 8.40. The van der Waals surface area contributed by atoms with E-state index in [9.17, 15) is 9.59 Å². The number of hydrogen-bond donors (Lipinski definition) is 1. The number of nitrogens with zero attached hydrogens (tertiary/aromatic N) is 2. The van der Waals surface area contributed by atoms with E-state index in [4.69, 9.17) is 4.42 Å². The first-order valence-electron chi connectivity index (χ1n) is 12.2. The molecule has 2 aromatic heterocycles. The monoisotopic (exact) mass is 447 g/mol. The lowest BCUT2D eigenvalue weighted by Gasteiger charge is -2.44. The molecule has 1 aliphatic carbocycles. The maximum Gasteiger partial charge on any atom is 0.276 e. The van der Waals surface area contributed by atoms with Gasteiger partial charge in [-0.2, -0.15) is 0 Å². The number of rotatable bonds is 3. The second-order valence-electron chi connectivity index (χ2n) is 9.98. The van der Waals surface area contributed by atoms with Crippen molar-refractivity contribution >= 4 is 28.6 Å². The Morgan fingerprint density at radius 3 is 2.48 bits per heavy atom. The number of amides is 2. The molecule has 0 spiro atoms. The van der Waals surface area contributed by atoms with Gasteiger partial charge in [-0.15, -0.1) is 0 Å². The van der Waals surface area contributed by atoms with Gasteiger partial charge in [-0.25, -0.2) is 0 Å². The molecule has 3 aromatic rings. The maximum absolute atomic E-state index is 13.9. The number of aromatic nitrogens is 1. The van der Waals surface area contributed by atoms with E-state index in [0.29, 0.717) is 17.8 Å². The van der Waals surface area contributed by atoms with Gasteiger partial charge in [0.2, 0.25) is 5.91 Å². The summed E-state index contributed by atoms with van der Waals surface area (Å²) in [7, 11) is 0. The van der Waals surface area contributed by atoms with Gasteiger partial charge in [0.15, 0.2) is 5.58 Å². The Balaban J connectivity index is 1.56. The molecule has 0 bridgehead atoms. The molecule has 1 saturated carbocycles. The summed E-state index contributed by atoms with van der Waals surface area (Å²) in [6, 6.07) is 9.79. The predicted molar refractivity (Wildman–Crippen MR) is 130 cm³/mol. The number of nitrogens with one attached hydrogen (secondary N) is 1. The minimum absolute atomic E-state index is 0.0874. The highest BCUT2D eigenvalue weighted by atomic mass is 16.3. The van der Waals surface area contributed by atoms with Crippen LogP contribution in [0.25, 0.3) is 11.1 Å². The summed E-state index contributed by atoms with van der Waals surface area (Å²) in [5.41, 5.74) is 4.02. The quantitative estimate of drug-likeness (QED) is 0.576. The zero-order valence-corrected chi connectivity index (χ0v) is 19.8. The van der Waals surface area contributed by atoms with Crippen LogP contribution in [0.4, 0.5) is 5.69 Å². The first kappa shape index (κ1) is 21.8. The van der Waals surface area contributed by atoms with Gasteiger partial charge in [-0.05, 0) is 56.9 Å². The summed E-state index contributed by atoms with van der Waals surface area (Å²) in [5.74, 6) is -0.262. The molecule has 2 aliphatic rings. The normalized spacial score (nSPS) is 22.2. The van der Waals surface area contributed by atoms with Gasteiger partial charge in [0.1, 0.15) is 11.2 Å². The van der Waals surface area contributed by atoms with Crippen molar-refractivity contribution in [1.82, 2.24) is 9.88 Å². The maximum atomic E-state index is 13.9. The van der Waals surface area contributed by atoms with Crippen molar-refractivity contribution in [3.05, 3.63) is 53.4 Å². The number of carbonyl (C=O) groups is 2. The standard InChI is InChI=1S/C27H33N3O3/c1-18-11-12-21(15-19(18)2)30-25(31)23-16-24-22(13-14-33-24)29(23)17-27(30,3)26(32)28-20-9-7-5-4-6-8-10-20/h11-16,20H,4-10,17H2,1-3H3,(H,28,32)/t27-/m0/s1. The zero-order valence-electron chi connectivity index (χ0n) is 19.8. The average Bonchev–Trinajstić information content (AvgIpc) is 3.35. The third kappa shape index (κ3) is 3.75. The number of benzene rings is 1. The number of hydrogen-bond acceptors (Lipinski definition) is 3. The fourth-order valence-electron chi connectivity index (χ4n) is 5.42. The smallest absolute Gasteiger partial charge is 0.276 e. The SMILES string of the molecule is Cc1ccc(N2C(=O)c3cc4occc4n3C[C@@]2(C)C(=O)NC2CCCCCCC2)cc1C. The number of anilines is 1. The van der Waals surface area contributed by atoms with Gasteiger partial charge in [0.05, 0.1) is 18.3 Å². The van der Waals surface area contributed by atoms with E-state index in [1.807, 2.05) is 42.7 Å². The molecule has 1 N–H and O–H groups in total. The lowest BCUT2D eigenvalue weighted by atomic mass is 9.91. The summed E-state index contributed by atoms with van der Waals surface area (Å²) in [5, 5.41) is 3.34. The van der Waals surface area contributed by atoms with Crippen molar-refractivity contribution in [3.8, 4) is 0 Å². The van der Waals surface area contributed by atoms with E-state index in [1.54, 1.807) is 17.2 Å². The summed E-state index contributed by atoms with van der Waals surface area (Å²) >= 11 is 0. The molecule has 0 saturated heterocycles. The first-order chi connectivity index (χ1) is 15.9. The van der Waals surface area contributed by atoms with Crippen LogP contribution in [0.1, 0.15) is 73.5 Å². The largest absolute Gasteiger partial charge is 0.463 e. The predicted octanol–water partition coefficient (Wildman–Crippen LogP) is 5.50. The van der Waals surface area contributed by atoms with Gasteiger partial charge in [-0.3, -0.25) is 14.5 Å². The van der Waals surface area contributed by atoms with E-state index < -0.39 is 5.54 Å². The topological polar surface area (TPSA) is 67.5 Å². The minimum atomic E-state index is -1.06. The fraction of sp³-hybridized carbons (Fsp3) is 0.481. The molecule has 5 rings (SSSR count). The molecule has 0 radical (unpaired) electrons. The number of carbonyl (C=O) groups excluding carboxylic acids is 2. The molecule has 1 aliphatic heterocycles. The van der Waals surface area contributed by atoms with E-state index >= 15 is 0 Å². The number of aryl methyl sites for hydroxylation is 2. The van der Waals surface area contributed by atoms with E-state index in [-0.39, 0.29) is 17.9 Å². The number of fused-ring (bicyclic) bond motifs is 3. The highest BCUT2D eigenvalue weighted by Gasteiger charge is 2.49. The summed E-state index contributed by atoms with van der Waals surface area (Å²) in [6.45, 7) is 6.36. The molecular weight excluding hydrogens is 414 g/mol. The third-order valence-electron chi connectivity index (χ3n) is 7.58. The van der Waals surface area contributed by atoms with Crippen LogP contribution in [-0.4, -0.2) is 28.0 Å². The van der Waals surface area contributed by atoms with E-state index in [2.05, 4.69) is 12.2 Å². The second-order valence-corrected chi connectivity index (χ2v) is 9.98. The molecule has 33 heavy (non-hydrogen) atoms. The molecule has 1 atom stereocenters. The van der Waals surface area contributed by atoms with Crippen LogP contribution in [0, 0.1) is 13.8 Å². The molecule has 3 heterocycles. The Morgan fingerprint density at radius 1 is 1.03 bits per heavy atom. The third-order valence-corrected chi connectivity index (χ3v) is 7.58. The average molecular weight is 448 g/mol. The van der Waals surface area contributed by atoms with Gasteiger partial charge >= 0.3 is 0 Å². The molecule has 2 amide bonds. The van der Waals surface area contributed by atoms with Gasteiger partial charge in [-0.1, -0.05) is 38.2 Å². The molecule has 0 unspecified atom stereocenters. The molecule has 1 fully saturated rings. The van der Waals surface area contributed by atoms with Gasteiger partial charge in [0, 0.05) is 23.9 Å². The Bertz CT molecular complexity index is 1200. The molecule has 6 heteroatoms. The van der Waals surface area contributed by atoms with E-state index in [0.717, 1.165) is 48.0 Å². The summed E-state index contributed by atoms with van der Waals surface area (Å²) < 4.78 is 7.52. The van der Waals surface area contributed by atoms with E-state index in [1.165, 1.54) is 19.3 Å². The molecule has 1 aromatic carbocycles. The highest BCUT2D eigenvalue weighted by molar-refractivity contribution is 6.13. The summed E-state index contributed by atoms with van der Waals surface area (Å²) in [4.78, 5) is 29.5. The van der Waals surface area contributed by atoms with Crippen molar-refractivity contribution in [2.75, 3.05) is 4.90 Å². The van der Waals surface area contributed by atoms with Crippen LogP contribution in [-0.2, 0) is 11.3 Å². The minimum Gasteiger partial charge on any atom is -0.463 e. The Kier molecular flexibility index (Phi) is 5.55. The van der Waals surface area contributed by atoms with Crippen LogP contribution in [0.5, 0.6) is 0 Å². The van der Waals surface area contributed by atoms with Crippen LogP contribution in [0.3, 0.4) is 0 Å². The Labute approximate surface area is 194 Å².